The smallest absolute Gasteiger partial charge is 0.227 e. The Bertz CT molecular complexity index is 1030. The van der Waals surface area contributed by atoms with Crippen LogP contribution in [0.25, 0.3) is 0 Å². The van der Waals surface area contributed by atoms with Crippen LogP contribution in [0.2, 0.25) is 0 Å². The topological polar surface area (TPSA) is 73.4 Å². The van der Waals surface area contributed by atoms with E-state index in [0.717, 1.165) is 69.9 Å². The predicted octanol–water partition coefficient (Wildman–Crippen LogP) is 6.09. The van der Waals surface area contributed by atoms with Crippen molar-refractivity contribution in [2.24, 2.45) is 11.8 Å². The van der Waals surface area contributed by atoms with Gasteiger partial charge in [0.25, 0.3) is 0 Å². The molecule has 0 spiro atoms. The summed E-state index contributed by atoms with van der Waals surface area (Å²) in [7, 11) is 0. The molecule has 3 aliphatic rings. The van der Waals surface area contributed by atoms with Gasteiger partial charge in [0, 0.05) is 24.6 Å². The third-order valence-electron chi connectivity index (χ3n) is 8.12. The van der Waals surface area contributed by atoms with Crippen molar-refractivity contribution in [2.45, 2.75) is 82.3 Å². The Hall–Kier alpha value is -2.83. The highest BCUT2D eigenvalue weighted by atomic mass is 19.2. The molecule has 7 heteroatoms. The standard InChI is InChI=1S/C28H35F2N3O2/c29-21-15-23-24(16-22(21)30)33-28(32-23,17-19-11-7-8-14-25(19)34)26(18-9-3-1-4-10-18)27(35)31-20-12-5-2-6-13-20/h7-8,11,14-16,18,20,26,32-34H,1-6,9-10,12-13,17H2,(H,31,35). The third kappa shape index (κ3) is 4.95. The molecule has 188 valence electrons. The fraction of sp³-hybridized carbons (Fsp3) is 0.536. The summed E-state index contributed by atoms with van der Waals surface area (Å²) in [6.45, 7) is 0. The highest BCUT2D eigenvalue weighted by molar-refractivity contribution is 5.86. The molecule has 1 amide bonds. The largest absolute Gasteiger partial charge is 0.508 e. The summed E-state index contributed by atoms with van der Waals surface area (Å²) in [6, 6.07) is 9.53. The van der Waals surface area contributed by atoms with Crippen molar-refractivity contribution >= 4 is 17.3 Å². The first-order valence-electron chi connectivity index (χ1n) is 13.1. The van der Waals surface area contributed by atoms with Gasteiger partial charge in [-0.15, -0.1) is 0 Å². The molecule has 0 saturated heterocycles. The van der Waals surface area contributed by atoms with Gasteiger partial charge in [-0.3, -0.25) is 4.79 Å². The van der Waals surface area contributed by atoms with Gasteiger partial charge < -0.3 is 21.1 Å². The molecule has 0 radical (unpaired) electrons. The number of benzene rings is 2. The van der Waals surface area contributed by atoms with Crippen LogP contribution in [0, 0.1) is 23.5 Å². The minimum absolute atomic E-state index is 0.0204. The van der Waals surface area contributed by atoms with Gasteiger partial charge >= 0.3 is 0 Å². The number of nitrogens with one attached hydrogen (secondary N) is 3. The molecule has 2 saturated carbocycles. The normalized spacial score (nSPS) is 21.0. The summed E-state index contributed by atoms with van der Waals surface area (Å²) in [5, 5.41) is 20.8. The number of hydrogen-bond acceptors (Lipinski definition) is 4. The van der Waals surface area contributed by atoms with Crippen molar-refractivity contribution in [3.8, 4) is 5.75 Å². The van der Waals surface area contributed by atoms with Gasteiger partial charge in [-0.05, 0) is 43.2 Å². The SMILES string of the molecule is O=C(NC1CCCCC1)C(C1CCCCC1)C1(Cc2ccccc2O)Nc2cc(F)c(F)cc2N1. The third-order valence-corrected chi connectivity index (χ3v) is 8.12. The molecule has 5 nitrogen and oxygen atoms in total. The summed E-state index contributed by atoms with van der Waals surface area (Å²) in [5.74, 6) is -2.12. The summed E-state index contributed by atoms with van der Waals surface area (Å²) in [6.07, 6.45) is 10.8. The Balaban J connectivity index is 1.55. The molecule has 1 atom stereocenters. The maximum atomic E-state index is 14.2. The van der Waals surface area contributed by atoms with Crippen molar-refractivity contribution < 1.29 is 18.7 Å². The van der Waals surface area contributed by atoms with E-state index in [4.69, 9.17) is 0 Å². The number of para-hydroxylation sites is 1. The molecule has 0 bridgehead atoms. The number of carbonyl (C=O) groups is 1. The number of halogens is 2. The lowest BCUT2D eigenvalue weighted by Crippen LogP contribution is -2.60. The lowest BCUT2D eigenvalue weighted by atomic mass is 9.71. The first kappa shape index (κ1) is 23.9. The number of amides is 1. The molecule has 2 aromatic rings. The zero-order chi connectivity index (χ0) is 24.4. The molecule has 1 aliphatic heterocycles. The Labute approximate surface area is 205 Å². The fourth-order valence-electron chi connectivity index (χ4n) is 6.43. The van der Waals surface area contributed by atoms with E-state index in [2.05, 4.69) is 16.0 Å². The van der Waals surface area contributed by atoms with Crippen LogP contribution in [0.4, 0.5) is 20.2 Å². The number of carbonyl (C=O) groups excluding carboxylic acids is 1. The van der Waals surface area contributed by atoms with Gasteiger partial charge in [-0.2, -0.15) is 0 Å². The molecular formula is C28H35F2N3O2. The summed E-state index contributed by atoms with van der Waals surface area (Å²) < 4.78 is 28.4. The number of aromatic hydroxyl groups is 1. The summed E-state index contributed by atoms with van der Waals surface area (Å²) >= 11 is 0. The maximum Gasteiger partial charge on any atom is 0.227 e. The van der Waals surface area contributed by atoms with Crippen molar-refractivity contribution in [3.63, 3.8) is 0 Å². The van der Waals surface area contributed by atoms with Gasteiger partial charge in [0.15, 0.2) is 11.6 Å². The lowest BCUT2D eigenvalue weighted by Gasteiger charge is -2.44. The second kappa shape index (κ2) is 10.0. The molecule has 2 fully saturated rings. The summed E-state index contributed by atoms with van der Waals surface area (Å²) in [5.41, 5.74) is 0.519. The van der Waals surface area contributed by atoms with Crippen molar-refractivity contribution in [1.82, 2.24) is 5.32 Å². The summed E-state index contributed by atoms with van der Waals surface area (Å²) in [4.78, 5) is 14.1. The Kier molecular flexibility index (Phi) is 6.85. The monoisotopic (exact) mass is 483 g/mol. The molecule has 5 rings (SSSR count). The first-order valence-corrected chi connectivity index (χ1v) is 13.1. The zero-order valence-electron chi connectivity index (χ0n) is 20.1. The van der Waals surface area contributed by atoms with E-state index in [9.17, 15) is 18.7 Å². The van der Waals surface area contributed by atoms with Gasteiger partial charge in [0.1, 0.15) is 11.4 Å². The molecule has 35 heavy (non-hydrogen) atoms. The van der Waals surface area contributed by atoms with Crippen LogP contribution < -0.4 is 16.0 Å². The maximum absolute atomic E-state index is 14.2. The Morgan fingerprint density at radius 1 is 0.943 bits per heavy atom. The number of rotatable bonds is 6. The molecular weight excluding hydrogens is 448 g/mol. The van der Waals surface area contributed by atoms with Crippen LogP contribution in [-0.4, -0.2) is 22.7 Å². The van der Waals surface area contributed by atoms with Crippen LogP contribution in [0.5, 0.6) is 5.75 Å². The number of phenolic OH excluding ortho intramolecular Hbond substituents is 1. The van der Waals surface area contributed by atoms with Crippen molar-refractivity contribution in [2.75, 3.05) is 10.6 Å². The Morgan fingerprint density at radius 2 is 1.51 bits per heavy atom. The van der Waals surface area contributed by atoms with Crippen LogP contribution in [0.15, 0.2) is 36.4 Å². The minimum atomic E-state index is -1.03. The highest BCUT2D eigenvalue weighted by Crippen LogP contribution is 2.46. The van der Waals surface area contributed by atoms with Crippen LogP contribution in [0.3, 0.4) is 0 Å². The quantitative estimate of drug-likeness (QED) is 0.401. The fourth-order valence-corrected chi connectivity index (χ4v) is 6.43. The van der Waals surface area contributed by atoms with Crippen molar-refractivity contribution in [1.29, 1.82) is 0 Å². The van der Waals surface area contributed by atoms with E-state index < -0.39 is 23.2 Å². The average molecular weight is 484 g/mol. The van der Waals surface area contributed by atoms with Crippen molar-refractivity contribution in [3.05, 3.63) is 53.6 Å². The minimum Gasteiger partial charge on any atom is -0.508 e. The Morgan fingerprint density at radius 3 is 2.11 bits per heavy atom. The van der Waals surface area contributed by atoms with Crippen LogP contribution in [-0.2, 0) is 11.2 Å². The van der Waals surface area contributed by atoms with E-state index >= 15 is 0 Å². The van der Waals surface area contributed by atoms with Gasteiger partial charge in [-0.25, -0.2) is 8.78 Å². The highest BCUT2D eigenvalue weighted by Gasteiger charge is 2.51. The first-order chi connectivity index (χ1) is 16.9. The lowest BCUT2D eigenvalue weighted by molar-refractivity contribution is -0.130. The van der Waals surface area contributed by atoms with Gasteiger partial charge in [0.05, 0.1) is 17.3 Å². The van der Waals surface area contributed by atoms with Gasteiger partial charge in [-0.1, -0.05) is 56.7 Å². The molecule has 1 heterocycles. The average Bonchev–Trinajstić information content (AvgIpc) is 3.19. The number of hydrogen-bond donors (Lipinski definition) is 4. The van der Waals surface area contributed by atoms with E-state index in [-0.39, 0.29) is 30.0 Å². The van der Waals surface area contributed by atoms with Crippen LogP contribution in [0.1, 0.15) is 69.8 Å². The van der Waals surface area contributed by atoms with Crippen LogP contribution >= 0.6 is 0 Å². The molecule has 1 unspecified atom stereocenters. The van der Waals surface area contributed by atoms with E-state index in [1.165, 1.54) is 6.42 Å². The number of fused-ring (bicyclic) bond motifs is 1. The number of phenols is 1. The molecule has 4 N–H and O–H groups in total. The number of anilines is 2. The molecule has 2 aliphatic carbocycles. The van der Waals surface area contributed by atoms with Gasteiger partial charge in [0.2, 0.25) is 5.91 Å². The second-order valence-corrected chi connectivity index (χ2v) is 10.6. The van der Waals surface area contributed by atoms with E-state index in [1.54, 1.807) is 12.1 Å². The second-order valence-electron chi connectivity index (χ2n) is 10.6. The van der Waals surface area contributed by atoms with E-state index in [0.29, 0.717) is 16.9 Å². The predicted molar refractivity (Wildman–Crippen MR) is 133 cm³/mol. The zero-order valence-corrected chi connectivity index (χ0v) is 20.1. The van der Waals surface area contributed by atoms with E-state index in [1.807, 2.05) is 12.1 Å². The molecule has 0 aromatic heterocycles. The molecule has 2 aromatic carbocycles.